The van der Waals surface area contributed by atoms with Crippen molar-refractivity contribution in [2.75, 3.05) is 0 Å². The molecule has 0 aliphatic heterocycles. The molecular formula is C50H40N2S. The summed E-state index contributed by atoms with van der Waals surface area (Å²) in [5.41, 5.74) is 13.1. The quantitative estimate of drug-likeness (QED) is 0.174. The fraction of sp³-hybridized carbons (Fsp3) is 0.160. The molecule has 1 aliphatic carbocycles. The summed E-state index contributed by atoms with van der Waals surface area (Å²) < 4.78 is 7.67. The van der Waals surface area contributed by atoms with Gasteiger partial charge in [-0.3, -0.25) is 0 Å². The van der Waals surface area contributed by atoms with Gasteiger partial charge in [-0.05, 0) is 119 Å². The monoisotopic (exact) mass is 700 g/mol. The standard InChI is InChI=1S/C50H40N2S/c1-49(2)24-25-50(3,4)42-30-46-37(27-41(42)49)39-29-44-38(35-14-8-10-16-43(35)51(44)33-12-6-5-7-13-33)28-45(39)52(46)34-21-18-31(19-22-34)32-20-23-48-40(26-32)36-15-9-11-17-47(36)53-48/h5-23,26-30H,24-25H2,1-4H3. The van der Waals surface area contributed by atoms with Crippen LogP contribution < -0.4 is 0 Å². The molecule has 3 heteroatoms. The molecule has 0 radical (unpaired) electrons. The molecule has 0 unspecified atom stereocenters. The highest BCUT2D eigenvalue weighted by Crippen LogP contribution is 2.49. The molecule has 11 rings (SSSR count). The van der Waals surface area contributed by atoms with Crippen molar-refractivity contribution < 1.29 is 0 Å². The van der Waals surface area contributed by atoms with Gasteiger partial charge in [0.2, 0.25) is 0 Å². The van der Waals surface area contributed by atoms with Gasteiger partial charge in [-0.15, -0.1) is 11.3 Å². The number of rotatable bonds is 3. The molecule has 0 bridgehead atoms. The molecule has 0 fully saturated rings. The summed E-state index contributed by atoms with van der Waals surface area (Å²) >= 11 is 1.87. The third-order valence-corrected chi connectivity index (χ3v) is 13.5. The SMILES string of the molecule is CC1(C)CCC(C)(C)c2cc3c(cc21)c1cc2c(cc1n3-c1ccc(-c3ccc4sc5ccccc5c4c3)cc1)c1ccccc1n2-c1ccccc1. The Morgan fingerprint density at radius 2 is 0.925 bits per heavy atom. The second-order valence-electron chi connectivity index (χ2n) is 16.4. The summed E-state index contributed by atoms with van der Waals surface area (Å²) in [6.45, 7) is 9.75. The van der Waals surface area contributed by atoms with Crippen LogP contribution in [-0.4, -0.2) is 9.13 Å². The first kappa shape index (κ1) is 30.9. The van der Waals surface area contributed by atoms with Crippen molar-refractivity contribution in [2.24, 2.45) is 0 Å². The van der Waals surface area contributed by atoms with Gasteiger partial charge in [0.15, 0.2) is 0 Å². The minimum Gasteiger partial charge on any atom is -0.309 e. The number of fused-ring (bicyclic) bond motifs is 10. The van der Waals surface area contributed by atoms with E-state index in [1.165, 1.54) is 110 Å². The number of para-hydroxylation sites is 2. The highest BCUT2D eigenvalue weighted by atomic mass is 32.1. The van der Waals surface area contributed by atoms with E-state index >= 15 is 0 Å². The number of benzene rings is 7. The molecular weight excluding hydrogens is 661 g/mol. The van der Waals surface area contributed by atoms with E-state index in [2.05, 4.69) is 182 Å². The van der Waals surface area contributed by atoms with E-state index in [0.29, 0.717) is 0 Å². The zero-order chi connectivity index (χ0) is 35.6. The Kier molecular flexibility index (Phi) is 6.39. The molecule has 0 saturated heterocycles. The molecule has 2 nitrogen and oxygen atoms in total. The summed E-state index contributed by atoms with van der Waals surface area (Å²) in [6, 6.07) is 54.7. The Labute approximate surface area is 313 Å². The van der Waals surface area contributed by atoms with Crippen LogP contribution in [0.3, 0.4) is 0 Å². The van der Waals surface area contributed by atoms with E-state index in [-0.39, 0.29) is 10.8 Å². The average molecular weight is 701 g/mol. The number of nitrogens with zero attached hydrogens (tertiary/aromatic N) is 2. The highest BCUT2D eigenvalue weighted by molar-refractivity contribution is 7.25. The first-order chi connectivity index (χ1) is 25.7. The highest BCUT2D eigenvalue weighted by Gasteiger charge is 2.38. The molecule has 0 N–H and O–H groups in total. The lowest BCUT2D eigenvalue weighted by Crippen LogP contribution is -2.33. The fourth-order valence-electron chi connectivity index (χ4n) is 9.38. The third-order valence-electron chi connectivity index (χ3n) is 12.4. The molecule has 7 aromatic carbocycles. The van der Waals surface area contributed by atoms with E-state index in [4.69, 9.17) is 0 Å². The third kappa shape index (κ3) is 4.50. The summed E-state index contributed by atoms with van der Waals surface area (Å²) in [6.07, 6.45) is 2.38. The molecule has 0 saturated carbocycles. The van der Waals surface area contributed by atoms with Gasteiger partial charge in [0, 0.05) is 53.1 Å². The van der Waals surface area contributed by atoms with Gasteiger partial charge < -0.3 is 9.13 Å². The Morgan fingerprint density at radius 1 is 0.396 bits per heavy atom. The van der Waals surface area contributed by atoms with Crippen LogP contribution in [0.5, 0.6) is 0 Å². The van der Waals surface area contributed by atoms with Crippen molar-refractivity contribution in [2.45, 2.75) is 51.4 Å². The van der Waals surface area contributed by atoms with Crippen LogP contribution >= 0.6 is 11.3 Å². The second-order valence-corrected chi connectivity index (χ2v) is 17.5. The van der Waals surface area contributed by atoms with E-state index in [1.807, 2.05) is 11.3 Å². The number of thiophene rings is 1. The summed E-state index contributed by atoms with van der Waals surface area (Å²) in [5.74, 6) is 0. The summed E-state index contributed by atoms with van der Waals surface area (Å²) in [7, 11) is 0. The molecule has 0 amide bonds. The largest absolute Gasteiger partial charge is 0.309 e. The number of hydrogen-bond acceptors (Lipinski definition) is 1. The minimum absolute atomic E-state index is 0.111. The van der Waals surface area contributed by atoms with Crippen LogP contribution in [-0.2, 0) is 10.8 Å². The Hall–Kier alpha value is -5.64. The topological polar surface area (TPSA) is 9.86 Å². The lowest BCUT2D eigenvalue weighted by molar-refractivity contribution is 0.332. The van der Waals surface area contributed by atoms with E-state index in [9.17, 15) is 0 Å². The average Bonchev–Trinajstić information content (AvgIpc) is 3.82. The molecule has 53 heavy (non-hydrogen) atoms. The van der Waals surface area contributed by atoms with E-state index in [0.717, 1.165) is 0 Å². The van der Waals surface area contributed by atoms with Crippen molar-refractivity contribution in [3.05, 3.63) is 157 Å². The lowest BCUT2D eigenvalue weighted by Gasteiger charge is -2.42. The van der Waals surface area contributed by atoms with Crippen molar-refractivity contribution in [3.63, 3.8) is 0 Å². The van der Waals surface area contributed by atoms with Crippen LogP contribution in [0, 0.1) is 0 Å². The van der Waals surface area contributed by atoms with E-state index in [1.54, 1.807) is 0 Å². The fourth-order valence-corrected chi connectivity index (χ4v) is 10.5. The van der Waals surface area contributed by atoms with Crippen molar-refractivity contribution in [1.29, 1.82) is 0 Å². The van der Waals surface area contributed by atoms with Crippen LogP contribution in [0.15, 0.2) is 146 Å². The molecule has 256 valence electrons. The van der Waals surface area contributed by atoms with Crippen molar-refractivity contribution in [3.8, 4) is 22.5 Å². The van der Waals surface area contributed by atoms with Gasteiger partial charge >= 0.3 is 0 Å². The van der Waals surface area contributed by atoms with Gasteiger partial charge in [0.05, 0.1) is 22.1 Å². The van der Waals surface area contributed by atoms with Gasteiger partial charge in [-0.25, -0.2) is 0 Å². The van der Waals surface area contributed by atoms with Crippen LogP contribution in [0.25, 0.3) is 86.3 Å². The van der Waals surface area contributed by atoms with Gasteiger partial charge in [-0.2, -0.15) is 0 Å². The predicted octanol–water partition coefficient (Wildman–Crippen LogP) is 14.3. The van der Waals surface area contributed by atoms with Crippen LogP contribution in [0.2, 0.25) is 0 Å². The maximum atomic E-state index is 2.56. The second kappa shape index (κ2) is 10.9. The van der Waals surface area contributed by atoms with Crippen molar-refractivity contribution >= 4 is 75.1 Å². The first-order valence-electron chi connectivity index (χ1n) is 18.9. The Balaban J connectivity index is 1.18. The minimum atomic E-state index is 0.111. The molecule has 0 spiro atoms. The normalized spacial score (nSPS) is 15.3. The Bertz CT molecular complexity index is 3090. The summed E-state index contributed by atoms with van der Waals surface area (Å²) in [4.78, 5) is 0. The lowest BCUT2D eigenvalue weighted by atomic mass is 9.63. The predicted molar refractivity (Wildman–Crippen MR) is 229 cm³/mol. The van der Waals surface area contributed by atoms with E-state index < -0.39 is 0 Å². The molecule has 10 aromatic rings. The maximum absolute atomic E-state index is 2.56. The van der Waals surface area contributed by atoms with Gasteiger partial charge in [-0.1, -0.05) is 100 Å². The molecule has 1 aliphatic rings. The number of aromatic nitrogens is 2. The van der Waals surface area contributed by atoms with Crippen molar-refractivity contribution in [1.82, 2.24) is 9.13 Å². The molecule has 0 atom stereocenters. The Morgan fingerprint density at radius 3 is 1.68 bits per heavy atom. The zero-order valence-electron chi connectivity index (χ0n) is 30.6. The van der Waals surface area contributed by atoms with Gasteiger partial charge in [0.1, 0.15) is 0 Å². The maximum Gasteiger partial charge on any atom is 0.0548 e. The first-order valence-corrected chi connectivity index (χ1v) is 19.7. The van der Waals surface area contributed by atoms with Crippen LogP contribution in [0.1, 0.15) is 51.7 Å². The zero-order valence-corrected chi connectivity index (χ0v) is 31.4. The summed E-state index contributed by atoms with van der Waals surface area (Å²) in [5, 5.41) is 7.86. The van der Waals surface area contributed by atoms with Gasteiger partial charge in [0.25, 0.3) is 0 Å². The molecule has 3 heterocycles. The number of hydrogen-bond donors (Lipinski definition) is 0. The van der Waals surface area contributed by atoms with Crippen LogP contribution in [0.4, 0.5) is 0 Å². The smallest absolute Gasteiger partial charge is 0.0548 e. The molecule has 3 aromatic heterocycles.